The van der Waals surface area contributed by atoms with Gasteiger partial charge in [0.25, 0.3) is 0 Å². The van der Waals surface area contributed by atoms with Crippen LogP contribution in [0.15, 0.2) is 18.2 Å². The first-order valence-corrected chi connectivity index (χ1v) is 4.81. The molecule has 0 aliphatic carbocycles. The number of phenolic OH excluding ortho intramolecular Hbond substituents is 1. The lowest BCUT2D eigenvalue weighted by atomic mass is 10.0. The largest absolute Gasteiger partial charge is 0.508 e. The van der Waals surface area contributed by atoms with Gasteiger partial charge in [-0.25, -0.2) is 4.39 Å². The van der Waals surface area contributed by atoms with E-state index in [-0.39, 0.29) is 17.5 Å². The van der Waals surface area contributed by atoms with Crippen LogP contribution in [0.25, 0.3) is 0 Å². The van der Waals surface area contributed by atoms with E-state index >= 15 is 0 Å². The maximum Gasteiger partial charge on any atom is 0.123 e. The van der Waals surface area contributed by atoms with Crippen molar-refractivity contribution >= 4 is 15.9 Å². The molecule has 1 unspecified atom stereocenters. The molecule has 1 rings (SSSR count). The minimum Gasteiger partial charge on any atom is -0.508 e. The first-order chi connectivity index (χ1) is 5.65. The van der Waals surface area contributed by atoms with Crippen LogP contribution >= 0.6 is 15.9 Å². The highest BCUT2D eigenvalue weighted by molar-refractivity contribution is 9.09. The van der Waals surface area contributed by atoms with Crippen molar-refractivity contribution in [3.63, 3.8) is 0 Å². The fourth-order valence-corrected chi connectivity index (χ4v) is 1.35. The van der Waals surface area contributed by atoms with Gasteiger partial charge in [0.1, 0.15) is 11.6 Å². The van der Waals surface area contributed by atoms with Gasteiger partial charge >= 0.3 is 0 Å². The molecule has 0 heterocycles. The smallest absolute Gasteiger partial charge is 0.123 e. The zero-order valence-electron chi connectivity index (χ0n) is 6.72. The Morgan fingerprint density at radius 2 is 2.25 bits per heavy atom. The van der Waals surface area contributed by atoms with E-state index in [1.54, 1.807) is 0 Å². The van der Waals surface area contributed by atoms with Crippen molar-refractivity contribution in [2.24, 2.45) is 0 Å². The Hall–Kier alpha value is -0.570. The average molecular weight is 233 g/mol. The summed E-state index contributed by atoms with van der Waals surface area (Å²) in [5.74, 6) is -0.0281. The highest BCUT2D eigenvalue weighted by Crippen LogP contribution is 2.27. The van der Waals surface area contributed by atoms with Gasteiger partial charge in [-0.15, -0.1) is 0 Å². The molecule has 0 bridgehead atoms. The van der Waals surface area contributed by atoms with E-state index in [2.05, 4.69) is 15.9 Å². The number of alkyl halides is 1. The number of hydrogen-bond donors (Lipinski definition) is 1. The molecule has 0 aromatic heterocycles. The van der Waals surface area contributed by atoms with Gasteiger partial charge < -0.3 is 5.11 Å². The predicted molar refractivity (Wildman–Crippen MR) is 50.3 cm³/mol. The summed E-state index contributed by atoms with van der Waals surface area (Å²) < 4.78 is 12.7. The molecule has 0 spiro atoms. The molecule has 3 heteroatoms. The first-order valence-electron chi connectivity index (χ1n) is 3.69. The molecule has 1 nitrogen and oxygen atoms in total. The van der Waals surface area contributed by atoms with Crippen LogP contribution in [0, 0.1) is 5.82 Å². The maximum atomic E-state index is 12.7. The fourth-order valence-electron chi connectivity index (χ4n) is 1.00. The summed E-state index contributed by atoms with van der Waals surface area (Å²) in [5, 5.41) is 10.1. The van der Waals surface area contributed by atoms with Crippen molar-refractivity contribution in [1.82, 2.24) is 0 Å². The van der Waals surface area contributed by atoms with Crippen molar-refractivity contribution in [2.45, 2.75) is 12.8 Å². The highest BCUT2D eigenvalue weighted by Gasteiger charge is 2.09. The number of rotatable bonds is 2. The lowest BCUT2D eigenvalue weighted by Gasteiger charge is -2.09. The van der Waals surface area contributed by atoms with Crippen molar-refractivity contribution in [3.8, 4) is 5.75 Å². The monoisotopic (exact) mass is 232 g/mol. The molecule has 0 aliphatic rings. The summed E-state index contributed by atoms with van der Waals surface area (Å²) in [7, 11) is 0. The van der Waals surface area contributed by atoms with Crippen LogP contribution in [0.2, 0.25) is 0 Å². The molecule has 12 heavy (non-hydrogen) atoms. The summed E-state index contributed by atoms with van der Waals surface area (Å²) in [4.78, 5) is 0. The van der Waals surface area contributed by atoms with Crippen molar-refractivity contribution in [1.29, 1.82) is 0 Å². The standard InChI is InChI=1S/C9H10BrFO/c1-6(5-10)8-4-7(11)2-3-9(8)12/h2-4,6,12H,5H2,1H3. The van der Waals surface area contributed by atoms with E-state index in [0.717, 1.165) is 0 Å². The SMILES string of the molecule is CC(CBr)c1cc(F)ccc1O. The lowest BCUT2D eigenvalue weighted by Crippen LogP contribution is -1.95. The van der Waals surface area contributed by atoms with E-state index in [1.807, 2.05) is 6.92 Å². The molecule has 1 N–H and O–H groups in total. The molecule has 0 radical (unpaired) electrons. The Kier molecular flexibility index (Phi) is 3.09. The molecule has 0 saturated carbocycles. The molecular formula is C9H10BrFO. The highest BCUT2D eigenvalue weighted by atomic mass is 79.9. The number of phenols is 1. The summed E-state index contributed by atoms with van der Waals surface area (Å²) in [5.41, 5.74) is 0.645. The molecule has 0 saturated heterocycles. The van der Waals surface area contributed by atoms with E-state index < -0.39 is 0 Å². The third kappa shape index (κ3) is 1.97. The number of halogens is 2. The van der Waals surface area contributed by atoms with Gasteiger partial charge in [-0.2, -0.15) is 0 Å². The van der Waals surface area contributed by atoms with Crippen LogP contribution in [0.3, 0.4) is 0 Å². The maximum absolute atomic E-state index is 12.7. The molecule has 1 aromatic rings. The summed E-state index contributed by atoms with van der Waals surface area (Å²) in [6, 6.07) is 3.99. The van der Waals surface area contributed by atoms with Crippen molar-refractivity contribution < 1.29 is 9.50 Å². The second kappa shape index (κ2) is 3.90. The van der Waals surface area contributed by atoms with Gasteiger partial charge in [-0.3, -0.25) is 0 Å². The van der Waals surface area contributed by atoms with Gasteiger partial charge in [0.15, 0.2) is 0 Å². The van der Waals surface area contributed by atoms with Gasteiger partial charge in [-0.05, 0) is 24.1 Å². The van der Waals surface area contributed by atoms with Gasteiger partial charge in [0.05, 0.1) is 0 Å². The van der Waals surface area contributed by atoms with Crippen LogP contribution in [-0.4, -0.2) is 10.4 Å². The first kappa shape index (κ1) is 9.52. The second-order valence-electron chi connectivity index (χ2n) is 2.76. The van der Waals surface area contributed by atoms with Crippen LogP contribution in [-0.2, 0) is 0 Å². The third-order valence-electron chi connectivity index (χ3n) is 1.75. The second-order valence-corrected chi connectivity index (χ2v) is 3.41. The van der Waals surface area contributed by atoms with Gasteiger partial charge in [-0.1, -0.05) is 22.9 Å². The molecule has 66 valence electrons. The van der Waals surface area contributed by atoms with Gasteiger partial charge in [0, 0.05) is 10.9 Å². The van der Waals surface area contributed by atoms with E-state index in [0.29, 0.717) is 10.9 Å². The zero-order chi connectivity index (χ0) is 9.14. The predicted octanol–water partition coefficient (Wildman–Crippen LogP) is 3.03. The number of aromatic hydroxyl groups is 1. The number of hydrogen-bond acceptors (Lipinski definition) is 1. The molecule has 0 aliphatic heterocycles. The van der Waals surface area contributed by atoms with Crippen molar-refractivity contribution in [3.05, 3.63) is 29.6 Å². The Balaban J connectivity index is 3.04. The van der Waals surface area contributed by atoms with Gasteiger partial charge in [0.2, 0.25) is 0 Å². The van der Waals surface area contributed by atoms with E-state index in [4.69, 9.17) is 0 Å². The van der Waals surface area contributed by atoms with Crippen LogP contribution in [0.5, 0.6) is 5.75 Å². The molecule has 1 aromatic carbocycles. The summed E-state index contributed by atoms with van der Waals surface area (Å²) in [6.45, 7) is 1.92. The number of benzene rings is 1. The minimum atomic E-state index is -0.310. The molecule has 0 fully saturated rings. The van der Waals surface area contributed by atoms with E-state index in [1.165, 1.54) is 18.2 Å². The molecular weight excluding hydrogens is 223 g/mol. The fraction of sp³-hybridized carbons (Fsp3) is 0.333. The summed E-state index contributed by atoms with van der Waals surface area (Å²) in [6.07, 6.45) is 0. The van der Waals surface area contributed by atoms with Crippen molar-refractivity contribution in [2.75, 3.05) is 5.33 Å². The average Bonchev–Trinajstić information content (AvgIpc) is 2.08. The normalized spacial score (nSPS) is 12.9. The third-order valence-corrected chi connectivity index (χ3v) is 2.72. The summed E-state index contributed by atoms with van der Waals surface area (Å²) >= 11 is 3.28. The minimum absolute atomic E-state index is 0.126. The Morgan fingerprint density at radius 1 is 1.58 bits per heavy atom. The van der Waals surface area contributed by atoms with Crippen LogP contribution < -0.4 is 0 Å². The Bertz CT molecular complexity index is 275. The Morgan fingerprint density at radius 3 is 2.83 bits per heavy atom. The van der Waals surface area contributed by atoms with Crippen LogP contribution in [0.1, 0.15) is 18.4 Å². The molecule has 1 atom stereocenters. The van der Waals surface area contributed by atoms with E-state index in [9.17, 15) is 9.50 Å². The van der Waals surface area contributed by atoms with Crippen LogP contribution in [0.4, 0.5) is 4.39 Å². The molecule has 0 amide bonds. The zero-order valence-corrected chi connectivity index (χ0v) is 8.31. The topological polar surface area (TPSA) is 20.2 Å². The lowest BCUT2D eigenvalue weighted by molar-refractivity contribution is 0.462. The quantitative estimate of drug-likeness (QED) is 0.778. The Labute approximate surface area is 79.4 Å².